The highest BCUT2D eigenvalue weighted by atomic mass is 32.2. The second kappa shape index (κ2) is 5.86. The number of imidazole rings is 1. The summed E-state index contributed by atoms with van der Waals surface area (Å²) in [5.74, 6) is 0. The van der Waals surface area contributed by atoms with Crippen molar-refractivity contribution >= 4 is 10.0 Å². The van der Waals surface area contributed by atoms with E-state index >= 15 is 0 Å². The molecule has 0 spiro atoms. The summed E-state index contributed by atoms with van der Waals surface area (Å²) in [4.78, 5) is 3.60. The van der Waals surface area contributed by atoms with Crippen molar-refractivity contribution in [2.24, 2.45) is 0 Å². The molecule has 114 valence electrons. The van der Waals surface area contributed by atoms with Crippen molar-refractivity contribution < 1.29 is 21.6 Å². The molecule has 0 saturated heterocycles. The fraction of sp³-hybridized carbons (Fsp3) is 0.250. The third-order valence-electron chi connectivity index (χ3n) is 2.71. The van der Waals surface area contributed by atoms with Crippen LogP contribution in [0.15, 0.2) is 47.9 Å². The van der Waals surface area contributed by atoms with Gasteiger partial charge in [-0.1, -0.05) is 0 Å². The maximum atomic E-state index is 12.4. The van der Waals surface area contributed by atoms with Gasteiger partial charge in [-0.15, -0.1) is 0 Å². The second-order valence-corrected chi connectivity index (χ2v) is 5.99. The average Bonchev–Trinajstić information content (AvgIpc) is 2.91. The highest BCUT2D eigenvalue weighted by Gasteiger charge is 2.30. The number of hydrogen-bond acceptors (Lipinski definition) is 3. The minimum Gasteiger partial charge on any atom is -0.336 e. The molecule has 1 aromatic carbocycles. The van der Waals surface area contributed by atoms with Gasteiger partial charge in [0.25, 0.3) is 0 Å². The maximum absolute atomic E-state index is 12.4. The minimum atomic E-state index is -4.49. The number of halogens is 3. The molecule has 0 radical (unpaired) electrons. The van der Waals surface area contributed by atoms with Crippen molar-refractivity contribution in [3.05, 3.63) is 48.5 Å². The van der Waals surface area contributed by atoms with Crippen LogP contribution in [0, 0.1) is 0 Å². The maximum Gasteiger partial charge on any atom is 0.416 e. The van der Waals surface area contributed by atoms with E-state index in [1.807, 2.05) is 0 Å². The number of sulfonamides is 1. The van der Waals surface area contributed by atoms with Gasteiger partial charge in [-0.05, 0) is 24.3 Å². The van der Waals surface area contributed by atoms with Gasteiger partial charge in [-0.3, -0.25) is 0 Å². The highest BCUT2D eigenvalue weighted by molar-refractivity contribution is 7.89. The molecule has 0 aliphatic carbocycles. The monoisotopic (exact) mass is 319 g/mol. The van der Waals surface area contributed by atoms with Crippen LogP contribution < -0.4 is 4.72 Å². The van der Waals surface area contributed by atoms with Crippen molar-refractivity contribution in [2.75, 3.05) is 6.54 Å². The SMILES string of the molecule is O=S(=O)(NCCn1ccnc1)c1ccc(C(F)(F)F)cc1. The summed E-state index contributed by atoms with van der Waals surface area (Å²) in [5, 5.41) is 0. The van der Waals surface area contributed by atoms with E-state index in [4.69, 9.17) is 0 Å². The van der Waals surface area contributed by atoms with Crippen molar-refractivity contribution in [3.63, 3.8) is 0 Å². The Morgan fingerprint density at radius 2 is 1.86 bits per heavy atom. The van der Waals surface area contributed by atoms with Crippen molar-refractivity contribution in [1.29, 1.82) is 0 Å². The lowest BCUT2D eigenvalue weighted by molar-refractivity contribution is -0.137. The van der Waals surface area contributed by atoms with Gasteiger partial charge in [0.05, 0.1) is 16.8 Å². The summed E-state index contributed by atoms with van der Waals surface area (Å²) >= 11 is 0. The fourth-order valence-corrected chi connectivity index (χ4v) is 2.66. The molecular weight excluding hydrogens is 307 g/mol. The lowest BCUT2D eigenvalue weighted by Gasteiger charge is -2.09. The zero-order valence-corrected chi connectivity index (χ0v) is 11.5. The predicted octanol–water partition coefficient (Wildman–Crippen LogP) is 1.88. The summed E-state index contributed by atoms with van der Waals surface area (Å²) in [5.41, 5.74) is -0.889. The number of nitrogens with one attached hydrogen (secondary N) is 1. The van der Waals surface area contributed by atoms with Gasteiger partial charge in [0.2, 0.25) is 10.0 Å². The van der Waals surface area contributed by atoms with Crippen LogP contribution in [0.5, 0.6) is 0 Å². The van der Waals surface area contributed by atoms with Crippen molar-refractivity contribution in [2.45, 2.75) is 17.6 Å². The topological polar surface area (TPSA) is 64.0 Å². The Hall–Kier alpha value is -1.87. The molecule has 0 aliphatic heterocycles. The normalized spacial score (nSPS) is 12.5. The fourth-order valence-electron chi connectivity index (χ4n) is 1.63. The molecule has 2 aromatic rings. The third kappa shape index (κ3) is 4.05. The summed E-state index contributed by atoms with van der Waals surface area (Å²) in [7, 11) is -3.83. The smallest absolute Gasteiger partial charge is 0.336 e. The first-order chi connectivity index (χ1) is 9.79. The van der Waals surface area contributed by atoms with Gasteiger partial charge in [-0.2, -0.15) is 13.2 Å². The Morgan fingerprint density at radius 3 is 2.38 bits per heavy atom. The van der Waals surface area contributed by atoms with Crippen molar-refractivity contribution in [1.82, 2.24) is 14.3 Å². The van der Waals surface area contributed by atoms with Crippen LogP contribution in [-0.2, 0) is 22.7 Å². The Bertz CT molecular complexity index is 680. The molecular formula is C12H12F3N3O2S. The Morgan fingerprint density at radius 1 is 1.19 bits per heavy atom. The number of rotatable bonds is 5. The van der Waals surface area contributed by atoms with Crippen LogP contribution in [-0.4, -0.2) is 24.5 Å². The number of nitrogens with zero attached hydrogens (tertiary/aromatic N) is 2. The van der Waals surface area contributed by atoms with Gasteiger partial charge in [0, 0.05) is 25.5 Å². The molecule has 0 bridgehead atoms. The largest absolute Gasteiger partial charge is 0.416 e. The first-order valence-electron chi connectivity index (χ1n) is 5.92. The first-order valence-corrected chi connectivity index (χ1v) is 7.40. The molecule has 0 aliphatic rings. The highest BCUT2D eigenvalue weighted by Crippen LogP contribution is 2.29. The minimum absolute atomic E-state index is 0.111. The zero-order chi connectivity index (χ0) is 15.5. The third-order valence-corrected chi connectivity index (χ3v) is 4.19. The molecule has 0 atom stereocenters. The number of aromatic nitrogens is 2. The van der Waals surface area contributed by atoms with E-state index in [1.54, 1.807) is 17.0 Å². The van der Waals surface area contributed by atoms with Crippen LogP contribution in [0.3, 0.4) is 0 Å². The summed E-state index contributed by atoms with van der Waals surface area (Å²) < 4.78 is 65.0. The average molecular weight is 319 g/mol. The molecule has 0 amide bonds. The van der Waals surface area contributed by atoms with E-state index in [0.29, 0.717) is 6.54 Å². The molecule has 1 heterocycles. The number of hydrogen-bond donors (Lipinski definition) is 1. The Balaban J connectivity index is 2.02. The molecule has 1 aromatic heterocycles. The molecule has 0 fully saturated rings. The van der Waals surface area contributed by atoms with Gasteiger partial charge in [0.15, 0.2) is 0 Å². The standard InChI is InChI=1S/C12H12F3N3O2S/c13-12(14,15)10-1-3-11(4-2-10)21(19,20)17-6-8-18-7-5-16-9-18/h1-5,7,9,17H,6,8H2. The van der Waals surface area contributed by atoms with Crippen LogP contribution in [0.4, 0.5) is 13.2 Å². The van der Waals surface area contributed by atoms with E-state index in [1.165, 1.54) is 6.33 Å². The molecule has 0 unspecified atom stereocenters. The van der Waals surface area contributed by atoms with Crippen LogP contribution in [0.1, 0.15) is 5.56 Å². The van der Waals surface area contributed by atoms with Crippen LogP contribution >= 0.6 is 0 Å². The molecule has 2 rings (SSSR count). The molecule has 0 saturated carbocycles. The summed E-state index contributed by atoms with van der Waals surface area (Å²) in [6, 6.07) is 3.35. The first kappa shape index (κ1) is 15.5. The molecule has 1 N–H and O–H groups in total. The summed E-state index contributed by atoms with van der Waals surface area (Å²) in [6.07, 6.45) is 0.278. The van der Waals surface area contributed by atoms with Gasteiger partial charge < -0.3 is 4.57 Å². The quantitative estimate of drug-likeness (QED) is 0.915. The van der Waals surface area contributed by atoms with Gasteiger partial charge >= 0.3 is 6.18 Å². The predicted molar refractivity (Wildman–Crippen MR) is 68.9 cm³/mol. The van der Waals surface area contributed by atoms with E-state index in [9.17, 15) is 21.6 Å². The Labute approximate surface area is 119 Å². The lowest BCUT2D eigenvalue weighted by atomic mass is 10.2. The molecule has 5 nitrogen and oxygen atoms in total. The Kier molecular flexibility index (Phi) is 4.33. The zero-order valence-electron chi connectivity index (χ0n) is 10.7. The van der Waals surface area contributed by atoms with Crippen LogP contribution in [0.25, 0.3) is 0 Å². The lowest BCUT2D eigenvalue weighted by Crippen LogP contribution is -2.27. The number of benzene rings is 1. The van der Waals surface area contributed by atoms with Gasteiger partial charge in [0.1, 0.15) is 0 Å². The second-order valence-electron chi connectivity index (χ2n) is 4.22. The van der Waals surface area contributed by atoms with Crippen LogP contribution in [0.2, 0.25) is 0 Å². The van der Waals surface area contributed by atoms with E-state index in [0.717, 1.165) is 24.3 Å². The van der Waals surface area contributed by atoms with Crippen molar-refractivity contribution in [3.8, 4) is 0 Å². The van der Waals surface area contributed by atoms with E-state index in [2.05, 4.69) is 9.71 Å². The van der Waals surface area contributed by atoms with E-state index in [-0.39, 0.29) is 11.4 Å². The molecule has 21 heavy (non-hydrogen) atoms. The van der Waals surface area contributed by atoms with E-state index < -0.39 is 21.8 Å². The summed E-state index contributed by atoms with van der Waals surface area (Å²) in [6.45, 7) is 0.486. The van der Waals surface area contributed by atoms with Gasteiger partial charge in [-0.25, -0.2) is 18.1 Å². The number of alkyl halides is 3. The molecule has 9 heteroatoms.